The lowest BCUT2D eigenvalue weighted by Crippen LogP contribution is -2.10. The third-order valence-electron chi connectivity index (χ3n) is 1.44. The molecule has 0 spiro atoms. The number of carboxylic acid groups (broad SMARTS) is 1. The Kier molecular flexibility index (Phi) is 3.50. The minimum absolute atomic E-state index is 0.0139. The maximum atomic E-state index is 10.4. The molecular weight excluding hydrogens is 202 g/mol. The Morgan fingerprint density at radius 2 is 1.87 bits per heavy atom. The van der Waals surface area contributed by atoms with Gasteiger partial charge in [0.2, 0.25) is 0 Å². The molecule has 0 saturated carbocycles. The Labute approximate surface area is 84.5 Å². The summed E-state index contributed by atoms with van der Waals surface area (Å²) in [5, 5.41) is 8.35. The van der Waals surface area contributed by atoms with Crippen LogP contribution in [0.4, 0.5) is 0 Å². The molecular formula is C9H7NO5. The van der Waals surface area contributed by atoms with Crippen LogP contribution in [-0.4, -0.2) is 35.2 Å². The number of pyridine rings is 1. The lowest BCUT2D eigenvalue weighted by atomic mass is 10.3. The molecule has 1 aromatic rings. The van der Waals surface area contributed by atoms with E-state index >= 15 is 0 Å². The van der Waals surface area contributed by atoms with Crippen molar-refractivity contribution in [3.8, 4) is 5.75 Å². The van der Waals surface area contributed by atoms with Crippen LogP contribution in [0.15, 0.2) is 12.1 Å². The molecule has 0 radical (unpaired) electrons. The first-order valence-electron chi connectivity index (χ1n) is 3.92. The van der Waals surface area contributed by atoms with Gasteiger partial charge in [-0.3, -0.25) is 9.59 Å². The van der Waals surface area contributed by atoms with Crippen molar-refractivity contribution in [2.45, 2.75) is 0 Å². The van der Waals surface area contributed by atoms with Gasteiger partial charge in [0.25, 0.3) is 0 Å². The number of aromatic nitrogens is 1. The maximum absolute atomic E-state index is 10.4. The maximum Gasteiger partial charge on any atom is 0.341 e. The SMILES string of the molecule is O=Cc1cc(OCC(=O)O)cc(C=O)n1. The van der Waals surface area contributed by atoms with Crippen LogP contribution in [0.25, 0.3) is 0 Å². The molecule has 15 heavy (non-hydrogen) atoms. The van der Waals surface area contributed by atoms with E-state index in [1.54, 1.807) is 0 Å². The fraction of sp³-hybridized carbons (Fsp3) is 0.111. The molecule has 1 N–H and O–H groups in total. The third-order valence-corrected chi connectivity index (χ3v) is 1.44. The molecule has 6 nitrogen and oxygen atoms in total. The van der Waals surface area contributed by atoms with E-state index in [9.17, 15) is 14.4 Å². The van der Waals surface area contributed by atoms with Crippen molar-refractivity contribution < 1.29 is 24.2 Å². The van der Waals surface area contributed by atoms with Gasteiger partial charge in [0.1, 0.15) is 17.1 Å². The van der Waals surface area contributed by atoms with Crippen LogP contribution in [0.1, 0.15) is 21.0 Å². The number of carbonyl (C=O) groups excluding carboxylic acids is 2. The number of carbonyl (C=O) groups is 3. The highest BCUT2D eigenvalue weighted by atomic mass is 16.5. The van der Waals surface area contributed by atoms with Crippen molar-refractivity contribution in [3.63, 3.8) is 0 Å². The van der Waals surface area contributed by atoms with Gasteiger partial charge in [-0.1, -0.05) is 0 Å². The van der Waals surface area contributed by atoms with Gasteiger partial charge >= 0.3 is 5.97 Å². The van der Waals surface area contributed by atoms with Gasteiger partial charge in [-0.25, -0.2) is 9.78 Å². The Bertz CT molecular complexity index is 375. The highest BCUT2D eigenvalue weighted by molar-refractivity contribution is 5.78. The molecule has 1 rings (SSSR count). The molecule has 0 fully saturated rings. The summed E-state index contributed by atoms with van der Waals surface area (Å²) >= 11 is 0. The summed E-state index contributed by atoms with van der Waals surface area (Å²) in [6.45, 7) is -0.541. The molecule has 1 heterocycles. The van der Waals surface area contributed by atoms with E-state index in [-0.39, 0.29) is 17.1 Å². The van der Waals surface area contributed by atoms with Crippen molar-refractivity contribution in [2.75, 3.05) is 6.61 Å². The molecule has 0 saturated heterocycles. The third kappa shape index (κ3) is 3.18. The van der Waals surface area contributed by atoms with Crippen LogP contribution in [0.5, 0.6) is 5.75 Å². The number of nitrogens with zero attached hydrogens (tertiary/aromatic N) is 1. The van der Waals surface area contributed by atoms with Crippen molar-refractivity contribution in [1.82, 2.24) is 4.98 Å². The van der Waals surface area contributed by atoms with Crippen LogP contribution >= 0.6 is 0 Å². The number of carboxylic acids is 1. The fourth-order valence-corrected chi connectivity index (χ4v) is 0.896. The molecule has 1 aromatic heterocycles. The molecule has 0 amide bonds. The van der Waals surface area contributed by atoms with Crippen molar-refractivity contribution >= 4 is 18.5 Å². The molecule has 0 unspecified atom stereocenters. The highest BCUT2D eigenvalue weighted by Crippen LogP contribution is 2.12. The molecule has 0 aliphatic carbocycles. The molecule has 0 atom stereocenters. The standard InChI is InChI=1S/C9H7NO5/c11-3-6-1-8(15-5-9(13)14)2-7(4-12)10-6/h1-4H,5H2,(H,13,14). The van der Waals surface area contributed by atoms with Crippen LogP contribution in [0.2, 0.25) is 0 Å². The molecule has 0 aliphatic heterocycles. The van der Waals surface area contributed by atoms with Crippen LogP contribution in [-0.2, 0) is 4.79 Å². The summed E-state index contributed by atoms with van der Waals surface area (Å²) in [5.74, 6) is -1.02. The number of hydrogen-bond donors (Lipinski definition) is 1. The lowest BCUT2D eigenvalue weighted by Gasteiger charge is -2.03. The van der Waals surface area contributed by atoms with Crippen molar-refractivity contribution in [1.29, 1.82) is 0 Å². The highest BCUT2D eigenvalue weighted by Gasteiger charge is 2.04. The second-order valence-electron chi connectivity index (χ2n) is 2.57. The zero-order valence-corrected chi connectivity index (χ0v) is 7.54. The van der Waals surface area contributed by atoms with Crippen molar-refractivity contribution in [3.05, 3.63) is 23.5 Å². The number of ether oxygens (including phenoxy) is 1. The molecule has 0 aromatic carbocycles. The van der Waals surface area contributed by atoms with E-state index in [1.807, 2.05) is 0 Å². The van der Waals surface area contributed by atoms with E-state index in [0.717, 1.165) is 0 Å². The Morgan fingerprint density at radius 3 is 2.27 bits per heavy atom. The number of rotatable bonds is 5. The summed E-state index contributed by atoms with van der Waals surface area (Å²) < 4.78 is 4.80. The Morgan fingerprint density at radius 1 is 1.33 bits per heavy atom. The number of hydrogen-bond acceptors (Lipinski definition) is 5. The lowest BCUT2D eigenvalue weighted by molar-refractivity contribution is -0.139. The molecule has 0 aliphatic rings. The molecule has 6 heteroatoms. The zero-order valence-electron chi connectivity index (χ0n) is 7.54. The van der Waals surface area contributed by atoms with Crippen LogP contribution in [0, 0.1) is 0 Å². The quantitative estimate of drug-likeness (QED) is 0.694. The van der Waals surface area contributed by atoms with Gasteiger partial charge < -0.3 is 9.84 Å². The second-order valence-corrected chi connectivity index (χ2v) is 2.57. The van der Waals surface area contributed by atoms with Gasteiger partial charge in [0.05, 0.1) is 0 Å². The number of aliphatic carboxylic acids is 1. The van der Waals surface area contributed by atoms with E-state index < -0.39 is 12.6 Å². The fourth-order valence-electron chi connectivity index (χ4n) is 0.896. The molecule has 78 valence electrons. The van der Waals surface area contributed by atoms with Gasteiger partial charge in [0, 0.05) is 12.1 Å². The van der Waals surface area contributed by atoms with E-state index in [1.165, 1.54) is 12.1 Å². The van der Waals surface area contributed by atoms with E-state index in [4.69, 9.17) is 9.84 Å². The van der Waals surface area contributed by atoms with Gasteiger partial charge in [-0.15, -0.1) is 0 Å². The van der Waals surface area contributed by atoms with E-state index in [0.29, 0.717) is 12.6 Å². The average Bonchev–Trinajstić information content (AvgIpc) is 2.25. The van der Waals surface area contributed by atoms with Gasteiger partial charge in [-0.05, 0) is 0 Å². The van der Waals surface area contributed by atoms with Crippen LogP contribution < -0.4 is 4.74 Å². The minimum atomic E-state index is -1.15. The van der Waals surface area contributed by atoms with Gasteiger partial charge in [0.15, 0.2) is 19.2 Å². The summed E-state index contributed by atoms with van der Waals surface area (Å²) in [4.78, 5) is 34.7. The summed E-state index contributed by atoms with van der Waals surface area (Å²) in [7, 11) is 0. The number of aldehydes is 2. The minimum Gasteiger partial charge on any atom is -0.482 e. The van der Waals surface area contributed by atoms with Crippen molar-refractivity contribution in [2.24, 2.45) is 0 Å². The summed E-state index contributed by atoms with van der Waals surface area (Å²) in [6, 6.07) is 2.51. The smallest absolute Gasteiger partial charge is 0.341 e. The normalized spacial score (nSPS) is 9.33. The largest absolute Gasteiger partial charge is 0.482 e. The predicted molar refractivity (Wildman–Crippen MR) is 48.1 cm³/mol. The average molecular weight is 209 g/mol. The van der Waals surface area contributed by atoms with Crippen LogP contribution in [0.3, 0.4) is 0 Å². The first-order chi connectivity index (χ1) is 7.15. The van der Waals surface area contributed by atoms with E-state index in [2.05, 4.69) is 4.98 Å². The summed E-state index contributed by atoms with van der Waals surface area (Å²) in [6.07, 6.45) is 0.890. The van der Waals surface area contributed by atoms with Gasteiger partial charge in [-0.2, -0.15) is 0 Å². The molecule has 0 bridgehead atoms. The zero-order chi connectivity index (χ0) is 11.3. The first kappa shape index (κ1) is 10.8. The Balaban J connectivity index is 2.91. The Hall–Kier alpha value is -2.24. The predicted octanol–water partition coefficient (Wildman–Crippen LogP) is 0.170. The monoisotopic (exact) mass is 209 g/mol. The topological polar surface area (TPSA) is 93.6 Å². The second kappa shape index (κ2) is 4.85. The summed E-state index contributed by atoms with van der Waals surface area (Å²) in [5.41, 5.74) is 0.0278. The first-order valence-corrected chi connectivity index (χ1v) is 3.92.